The van der Waals surface area contributed by atoms with Crippen LogP contribution in [0.4, 0.5) is 5.69 Å². The lowest BCUT2D eigenvalue weighted by Gasteiger charge is -2.18. The number of halogens is 1. The largest absolute Gasteiger partial charge is 0.335 e. The van der Waals surface area contributed by atoms with Crippen LogP contribution in [0.5, 0.6) is 0 Å². The van der Waals surface area contributed by atoms with E-state index in [2.05, 4.69) is 40.3 Å². The van der Waals surface area contributed by atoms with Crippen molar-refractivity contribution in [2.45, 2.75) is 33.2 Å². The number of fused-ring (bicyclic) bond motifs is 1. The number of hydrogen-bond acceptors (Lipinski definition) is 1. The molecule has 0 saturated carbocycles. The van der Waals surface area contributed by atoms with Crippen molar-refractivity contribution in [2.75, 3.05) is 5.32 Å². The first kappa shape index (κ1) is 16.8. The zero-order valence-electron chi connectivity index (χ0n) is 14.1. The summed E-state index contributed by atoms with van der Waals surface area (Å²) in [5.74, 6) is -0.000538. The first-order valence-electron chi connectivity index (χ1n) is 8.16. The normalized spacial score (nSPS) is 12.3. The maximum absolute atomic E-state index is 12.8. The molecule has 3 aromatic rings. The third-order valence-corrected chi connectivity index (χ3v) is 4.96. The lowest BCUT2D eigenvalue weighted by Crippen LogP contribution is -2.24. The first-order chi connectivity index (χ1) is 11.5. The van der Waals surface area contributed by atoms with E-state index in [0.29, 0.717) is 0 Å². The van der Waals surface area contributed by atoms with E-state index in [1.54, 1.807) is 0 Å². The summed E-state index contributed by atoms with van der Waals surface area (Å²) in [5.41, 5.74) is 4.26. The molecule has 0 fully saturated rings. The molecule has 1 N–H and O–H groups in total. The van der Waals surface area contributed by atoms with Gasteiger partial charge < -0.3 is 9.88 Å². The zero-order chi connectivity index (χ0) is 17.3. The van der Waals surface area contributed by atoms with E-state index in [0.717, 1.165) is 38.6 Å². The van der Waals surface area contributed by atoms with Gasteiger partial charge in [-0.15, -0.1) is 0 Å². The molecular weight excluding hydrogens is 364 g/mol. The summed E-state index contributed by atoms with van der Waals surface area (Å²) in [7, 11) is 0. The van der Waals surface area contributed by atoms with Crippen molar-refractivity contribution in [1.29, 1.82) is 0 Å². The van der Waals surface area contributed by atoms with Crippen molar-refractivity contribution in [3.63, 3.8) is 0 Å². The van der Waals surface area contributed by atoms with Crippen LogP contribution in [-0.2, 0) is 11.2 Å². The van der Waals surface area contributed by atoms with Gasteiger partial charge in [-0.1, -0.05) is 41.1 Å². The second-order valence-electron chi connectivity index (χ2n) is 6.05. The maximum atomic E-state index is 12.8. The molecule has 1 aromatic heterocycles. The Morgan fingerprint density at radius 3 is 2.79 bits per heavy atom. The van der Waals surface area contributed by atoms with Crippen molar-refractivity contribution in [2.24, 2.45) is 0 Å². The van der Waals surface area contributed by atoms with Gasteiger partial charge in [-0.05, 0) is 55.7 Å². The average Bonchev–Trinajstić information content (AvgIpc) is 2.98. The molecule has 2 aromatic carbocycles. The number of aromatic nitrogens is 1. The third-order valence-electron chi connectivity index (χ3n) is 4.47. The number of para-hydroxylation sites is 1. The lowest BCUT2D eigenvalue weighted by atomic mass is 10.1. The molecule has 4 heteroatoms. The highest BCUT2D eigenvalue weighted by Crippen LogP contribution is 2.26. The number of aryl methyl sites for hydroxylation is 2. The van der Waals surface area contributed by atoms with Gasteiger partial charge in [-0.3, -0.25) is 4.79 Å². The standard InChI is InChI=1S/C20H21BrN2O/c1-4-15-7-5-6-13(2)19(15)22-20(24)14(3)23-11-10-16-12-17(21)8-9-18(16)23/h5-12,14H,4H2,1-3H3,(H,22,24). The Labute approximate surface area is 150 Å². The van der Waals surface area contributed by atoms with Crippen LogP contribution in [0, 0.1) is 6.92 Å². The van der Waals surface area contributed by atoms with Crippen molar-refractivity contribution in [1.82, 2.24) is 4.57 Å². The molecule has 0 radical (unpaired) electrons. The lowest BCUT2D eigenvalue weighted by molar-refractivity contribution is -0.118. The topological polar surface area (TPSA) is 34.0 Å². The molecule has 0 bridgehead atoms. The molecule has 1 atom stereocenters. The monoisotopic (exact) mass is 384 g/mol. The number of nitrogens with zero attached hydrogens (tertiary/aromatic N) is 1. The maximum Gasteiger partial charge on any atom is 0.247 e. The summed E-state index contributed by atoms with van der Waals surface area (Å²) in [5, 5.41) is 4.24. The molecule has 24 heavy (non-hydrogen) atoms. The van der Waals surface area contributed by atoms with Gasteiger partial charge in [0.25, 0.3) is 0 Å². The summed E-state index contributed by atoms with van der Waals surface area (Å²) < 4.78 is 3.05. The van der Waals surface area contributed by atoms with E-state index >= 15 is 0 Å². The van der Waals surface area contributed by atoms with Crippen LogP contribution in [0.1, 0.15) is 31.0 Å². The molecule has 3 rings (SSSR count). The Kier molecular flexibility index (Phi) is 4.76. The quantitative estimate of drug-likeness (QED) is 0.635. The highest BCUT2D eigenvalue weighted by atomic mass is 79.9. The van der Waals surface area contributed by atoms with Gasteiger partial charge in [-0.25, -0.2) is 0 Å². The number of amides is 1. The predicted molar refractivity (Wildman–Crippen MR) is 104 cm³/mol. The molecule has 1 amide bonds. The summed E-state index contributed by atoms with van der Waals surface area (Å²) in [6.07, 6.45) is 2.87. The third kappa shape index (κ3) is 3.11. The van der Waals surface area contributed by atoms with Crippen LogP contribution in [0.3, 0.4) is 0 Å². The Morgan fingerprint density at radius 1 is 1.25 bits per heavy atom. The average molecular weight is 385 g/mol. The van der Waals surface area contributed by atoms with E-state index in [1.807, 2.05) is 54.9 Å². The molecule has 0 aliphatic heterocycles. The Morgan fingerprint density at radius 2 is 2.04 bits per heavy atom. The summed E-state index contributed by atoms with van der Waals surface area (Å²) in [6.45, 7) is 6.06. The fourth-order valence-electron chi connectivity index (χ4n) is 3.03. The minimum Gasteiger partial charge on any atom is -0.335 e. The summed E-state index contributed by atoms with van der Waals surface area (Å²) >= 11 is 3.49. The van der Waals surface area contributed by atoms with Crippen molar-refractivity contribution in [3.8, 4) is 0 Å². The Hall–Kier alpha value is -2.07. The second kappa shape index (κ2) is 6.81. The summed E-state index contributed by atoms with van der Waals surface area (Å²) in [4.78, 5) is 12.8. The molecule has 3 nitrogen and oxygen atoms in total. The number of benzene rings is 2. The van der Waals surface area contributed by atoms with E-state index in [1.165, 1.54) is 0 Å². The minimum atomic E-state index is -0.284. The number of nitrogens with one attached hydrogen (secondary N) is 1. The fourth-order valence-corrected chi connectivity index (χ4v) is 3.41. The van der Waals surface area contributed by atoms with Crippen LogP contribution in [0.25, 0.3) is 10.9 Å². The molecule has 0 aliphatic rings. The van der Waals surface area contributed by atoms with Crippen molar-refractivity contribution >= 4 is 38.4 Å². The molecular formula is C20H21BrN2O. The van der Waals surface area contributed by atoms with Crippen molar-refractivity contribution < 1.29 is 4.79 Å². The predicted octanol–water partition coefficient (Wildman–Crippen LogP) is 5.47. The molecule has 0 saturated heterocycles. The fraction of sp³-hybridized carbons (Fsp3) is 0.250. The second-order valence-corrected chi connectivity index (χ2v) is 6.97. The first-order valence-corrected chi connectivity index (χ1v) is 8.96. The zero-order valence-corrected chi connectivity index (χ0v) is 15.7. The van der Waals surface area contributed by atoms with Crippen molar-refractivity contribution in [3.05, 3.63) is 64.3 Å². The van der Waals surface area contributed by atoms with Gasteiger partial charge >= 0.3 is 0 Å². The van der Waals surface area contributed by atoms with Gasteiger partial charge in [0.15, 0.2) is 0 Å². The van der Waals surface area contributed by atoms with E-state index in [9.17, 15) is 4.79 Å². The van der Waals surface area contributed by atoms with Gasteiger partial charge in [0, 0.05) is 27.3 Å². The van der Waals surface area contributed by atoms with Crippen LogP contribution < -0.4 is 5.32 Å². The van der Waals surface area contributed by atoms with Crippen LogP contribution >= 0.6 is 15.9 Å². The van der Waals surface area contributed by atoms with Gasteiger partial charge in [0.1, 0.15) is 6.04 Å². The molecule has 124 valence electrons. The number of anilines is 1. The van der Waals surface area contributed by atoms with Crippen LogP contribution in [-0.4, -0.2) is 10.5 Å². The Balaban J connectivity index is 1.90. The molecule has 0 spiro atoms. The number of hydrogen-bond donors (Lipinski definition) is 1. The number of rotatable bonds is 4. The molecule has 0 aliphatic carbocycles. The van der Waals surface area contributed by atoms with E-state index in [4.69, 9.17) is 0 Å². The summed E-state index contributed by atoms with van der Waals surface area (Å²) in [6, 6.07) is 14.0. The van der Waals surface area contributed by atoms with Gasteiger partial charge in [0.05, 0.1) is 0 Å². The molecule has 1 unspecified atom stereocenters. The van der Waals surface area contributed by atoms with E-state index < -0.39 is 0 Å². The number of carbonyl (C=O) groups is 1. The highest BCUT2D eigenvalue weighted by molar-refractivity contribution is 9.10. The minimum absolute atomic E-state index is 0.000538. The van der Waals surface area contributed by atoms with Gasteiger partial charge in [-0.2, -0.15) is 0 Å². The highest BCUT2D eigenvalue weighted by Gasteiger charge is 2.18. The molecule has 1 heterocycles. The van der Waals surface area contributed by atoms with Crippen LogP contribution in [0.2, 0.25) is 0 Å². The Bertz CT molecular complexity index is 898. The SMILES string of the molecule is CCc1cccc(C)c1NC(=O)C(C)n1ccc2cc(Br)ccc21. The van der Waals surface area contributed by atoms with Crippen LogP contribution in [0.15, 0.2) is 53.1 Å². The number of carbonyl (C=O) groups excluding carboxylic acids is 1. The van der Waals surface area contributed by atoms with E-state index in [-0.39, 0.29) is 11.9 Å². The smallest absolute Gasteiger partial charge is 0.247 e. The van der Waals surface area contributed by atoms with Gasteiger partial charge in [0.2, 0.25) is 5.91 Å².